The molecule has 1 aliphatic rings. The van der Waals surface area contributed by atoms with Gasteiger partial charge in [0.05, 0.1) is 7.11 Å². The SMILES string of the molecule is COC(=O)C(N)C1(c2cc(F)ccc2NC(=O)OC(C)(C)C)CC1. The number of nitrogens with one attached hydrogen (secondary N) is 1. The Morgan fingerprint density at radius 1 is 1.33 bits per heavy atom. The van der Waals surface area contributed by atoms with E-state index in [-0.39, 0.29) is 0 Å². The average Bonchev–Trinajstić information content (AvgIpc) is 3.27. The number of ether oxygens (including phenoxy) is 2. The molecule has 1 aromatic carbocycles. The normalized spacial score (nSPS) is 16.9. The molecule has 1 aromatic rings. The molecule has 1 saturated carbocycles. The Morgan fingerprint density at radius 2 is 1.96 bits per heavy atom. The summed E-state index contributed by atoms with van der Waals surface area (Å²) in [6, 6.07) is 3.04. The summed E-state index contributed by atoms with van der Waals surface area (Å²) in [4.78, 5) is 23.8. The van der Waals surface area contributed by atoms with Crippen LogP contribution >= 0.6 is 0 Å². The zero-order chi connectivity index (χ0) is 18.1. The fourth-order valence-corrected chi connectivity index (χ4v) is 2.69. The van der Waals surface area contributed by atoms with Gasteiger partial charge in [0.1, 0.15) is 17.5 Å². The molecule has 0 spiro atoms. The molecule has 1 fully saturated rings. The van der Waals surface area contributed by atoms with Crippen molar-refractivity contribution in [2.24, 2.45) is 5.73 Å². The van der Waals surface area contributed by atoms with Crippen molar-refractivity contribution < 1.29 is 23.5 Å². The van der Waals surface area contributed by atoms with E-state index < -0.39 is 34.9 Å². The maximum atomic E-state index is 13.8. The van der Waals surface area contributed by atoms with Crippen LogP contribution in [0.25, 0.3) is 0 Å². The van der Waals surface area contributed by atoms with E-state index in [1.54, 1.807) is 20.8 Å². The Bertz CT molecular complexity index is 650. The molecule has 1 aliphatic carbocycles. The molecule has 7 heteroatoms. The van der Waals surface area contributed by atoms with Gasteiger partial charge in [-0.05, 0) is 57.4 Å². The number of halogens is 1. The van der Waals surface area contributed by atoms with Crippen molar-refractivity contribution in [1.29, 1.82) is 0 Å². The van der Waals surface area contributed by atoms with Crippen LogP contribution in [0.4, 0.5) is 14.9 Å². The van der Waals surface area contributed by atoms with E-state index in [2.05, 4.69) is 5.32 Å². The van der Waals surface area contributed by atoms with Gasteiger partial charge in [0.25, 0.3) is 0 Å². The lowest BCUT2D eigenvalue weighted by atomic mass is 9.87. The molecule has 1 amide bonds. The number of hydrogen-bond acceptors (Lipinski definition) is 5. The van der Waals surface area contributed by atoms with Crippen LogP contribution in [0.2, 0.25) is 0 Å². The summed E-state index contributed by atoms with van der Waals surface area (Å²) in [6.45, 7) is 5.23. The van der Waals surface area contributed by atoms with Gasteiger partial charge in [0.15, 0.2) is 0 Å². The average molecular weight is 338 g/mol. The lowest BCUT2D eigenvalue weighted by Crippen LogP contribution is -2.43. The van der Waals surface area contributed by atoms with E-state index in [0.29, 0.717) is 24.1 Å². The van der Waals surface area contributed by atoms with Crippen molar-refractivity contribution in [3.63, 3.8) is 0 Å². The lowest BCUT2D eigenvalue weighted by Gasteiger charge is -2.25. The van der Waals surface area contributed by atoms with Gasteiger partial charge < -0.3 is 15.2 Å². The summed E-state index contributed by atoms with van der Waals surface area (Å²) < 4.78 is 23.7. The zero-order valence-electron chi connectivity index (χ0n) is 14.3. The minimum Gasteiger partial charge on any atom is -0.468 e. The predicted octanol–water partition coefficient (Wildman–Crippen LogP) is 2.70. The molecule has 24 heavy (non-hydrogen) atoms. The zero-order valence-corrected chi connectivity index (χ0v) is 14.3. The van der Waals surface area contributed by atoms with Crippen molar-refractivity contribution in [3.05, 3.63) is 29.6 Å². The third-order valence-electron chi connectivity index (χ3n) is 3.99. The molecule has 132 valence electrons. The van der Waals surface area contributed by atoms with Gasteiger partial charge in [-0.2, -0.15) is 0 Å². The van der Waals surface area contributed by atoms with Gasteiger partial charge in [0, 0.05) is 11.1 Å². The summed E-state index contributed by atoms with van der Waals surface area (Å²) in [6.07, 6.45) is 0.559. The van der Waals surface area contributed by atoms with Crippen LogP contribution in [-0.4, -0.2) is 30.8 Å². The van der Waals surface area contributed by atoms with E-state index in [4.69, 9.17) is 15.2 Å². The molecule has 0 aliphatic heterocycles. The van der Waals surface area contributed by atoms with Crippen molar-refractivity contribution in [3.8, 4) is 0 Å². The number of hydrogen-bond donors (Lipinski definition) is 2. The third kappa shape index (κ3) is 3.84. The van der Waals surface area contributed by atoms with Crippen molar-refractivity contribution >= 4 is 17.7 Å². The highest BCUT2D eigenvalue weighted by Gasteiger charge is 2.54. The minimum absolute atomic E-state index is 0.377. The van der Waals surface area contributed by atoms with Crippen molar-refractivity contribution in [2.45, 2.75) is 50.7 Å². The largest absolute Gasteiger partial charge is 0.468 e. The van der Waals surface area contributed by atoms with Gasteiger partial charge in [-0.25, -0.2) is 9.18 Å². The van der Waals surface area contributed by atoms with Gasteiger partial charge in [-0.15, -0.1) is 0 Å². The Labute approximate surface area is 140 Å². The van der Waals surface area contributed by atoms with Crippen LogP contribution < -0.4 is 11.1 Å². The molecule has 3 N–H and O–H groups in total. The first kappa shape index (κ1) is 18.2. The number of amides is 1. The van der Waals surface area contributed by atoms with Crippen LogP contribution in [0.15, 0.2) is 18.2 Å². The van der Waals surface area contributed by atoms with Gasteiger partial charge in [-0.1, -0.05) is 0 Å². The molecule has 1 atom stereocenters. The Balaban J connectivity index is 2.32. The highest BCUT2D eigenvalue weighted by molar-refractivity contribution is 5.87. The number of carbonyl (C=O) groups excluding carboxylic acids is 2. The first-order chi connectivity index (χ1) is 11.1. The summed E-state index contributed by atoms with van der Waals surface area (Å²) in [5.41, 5.74) is 5.47. The van der Waals surface area contributed by atoms with Crippen LogP contribution in [0, 0.1) is 5.82 Å². The fraction of sp³-hybridized carbons (Fsp3) is 0.529. The Morgan fingerprint density at radius 3 is 2.46 bits per heavy atom. The molecule has 0 aromatic heterocycles. The molecule has 0 bridgehead atoms. The molecule has 1 unspecified atom stereocenters. The third-order valence-corrected chi connectivity index (χ3v) is 3.99. The predicted molar refractivity (Wildman–Crippen MR) is 87.2 cm³/mol. The monoisotopic (exact) mass is 338 g/mol. The van der Waals surface area contributed by atoms with Crippen LogP contribution in [0.1, 0.15) is 39.2 Å². The molecule has 0 heterocycles. The van der Waals surface area contributed by atoms with Gasteiger partial charge >= 0.3 is 12.1 Å². The second kappa shape index (κ2) is 6.39. The summed E-state index contributed by atoms with van der Waals surface area (Å²) in [7, 11) is 1.25. The van der Waals surface area contributed by atoms with E-state index in [9.17, 15) is 14.0 Å². The van der Waals surface area contributed by atoms with Crippen molar-refractivity contribution in [2.75, 3.05) is 12.4 Å². The summed E-state index contributed by atoms with van der Waals surface area (Å²) >= 11 is 0. The second-order valence-corrected chi connectivity index (χ2v) is 6.97. The maximum Gasteiger partial charge on any atom is 0.412 e. The molecule has 0 radical (unpaired) electrons. The number of nitrogens with two attached hydrogens (primary N) is 1. The van der Waals surface area contributed by atoms with Gasteiger partial charge in [0.2, 0.25) is 0 Å². The minimum atomic E-state index is -0.927. The molecule has 0 saturated heterocycles. The fourth-order valence-electron chi connectivity index (χ4n) is 2.69. The van der Waals surface area contributed by atoms with E-state index >= 15 is 0 Å². The summed E-state index contributed by atoms with van der Waals surface area (Å²) in [5.74, 6) is -1.04. The van der Waals surface area contributed by atoms with E-state index in [1.807, 2.05) is 0 Å². The van der Waals surface area contributed by atoms with Crippen LogP contribution in [0.5, 0.6) is 0 Å². The first-order valence-corrected chi connectivity index (χ1v) is 7.72. The maximum absolute atomic E-state index is 13.8. The van der Waals surface area contributed by atoms with Crippen LogP contribution in [0.3, 0.4) is 0 Å². The number of esters is 1. The number of anilines is 1. The summed E-state index contributed by atoms with van der Waals surface area (Å²) in [5, 5.41) is 2.62. The van der Waals surface area contributed by atoms with E-state index in [1.165, 1.54) is 25.3 Å². The number of methoxy groups -OCH3 is 1. The quantitative estimate of drug-likeness (QED) is 0.824. The number of carbonyl (C=O) groups is 2. The topological polar surface area (TPSA) is 90.6 Å². The highest BCUT2D eigenvalue weighted by Crippen LogP contribution is 2.53. The van der Waals surface area contributed by atoms with E-state index in [0.717, 1.165) is 0 Å². The smallest absolute Gasteiger partial charge is 0.412 e. The Kier molecular flexibility index (Phi) is 4.85. The van der Waals surface area contributed by atoms with Crippen LogP contribution in [-0.2, 0) is 19.7 Å². The first-order valence-electron chi connectivity index (χ1n) is 7.72. The number of rotatable bonds is 4. The Hall–Kier alpha value is -2.15. The lowest BCUT2D eigenvalue weighted by molar-refractivity contribution is -0.143. The molecule has 6 nitrogen and oxygen atoms in total. The second-order valence-electron chi connectivity index (χ2n) is 6.97. The molecule has 2 rings (SSSR count). The molecular weight excluding hydrogens is 315 g/mol. The highest BCUT2D eigenvalue weighted by atomic mass is 19.1. The van der Waals surface area contributed by atoms with Crippen molar-refractivity contribution in [1.82, 2.24) is 0 Å². The molecular formula is C17H23FN2O4. The number of benzene rings is 1. The van der Waals surface area contributed by atoms with Gasteiger partial charge in [-0.3, -0.25) is 10.1 Å². The standard InChI is InChI=1S/C17H23FN2O4/c1-16(2,3)24-15(22)20-12-6-5-10(18)9-11(12)17(7-8-17)13(19)14(21)23-4/h5-6,9,13H,7-8,19H2,1-4H3,(H,20,22).